The number of hydrogen-bond donors (Lipinski definition) is 1. The first-order chi connectivity index (χ1) is 14.2. The molecule has 0 bridgehead atoms. The number of amidine groups is 1. The highest BCUT2D eigenvalue weighted by Crippen LogP contribution is 2.39. The number of aliphatic imine (C=N–C) groups is 1. The van der Waals surface area contributed by atoms with Gasteiger partial charge in [-0.1, -0.05) is 18.2 Å². The number of hydrogen-bond acceptors (Lipinski definition) is 7. The van der Waals surface area contributed by atoms with Crippen molar-refractivity contribution in [3.05, 3.63) is 57.4 Å². The number of benzene rings is 2. The molecule has 156 valence electrons. The van der Waals surface area contributed by atoms with Gasteiger partial charge in [0.05, 0.1) is 16.5 Å². The highest BCUT2D eigenvalue weighted by molar-refractivity contribution is 9.10. The standard InChI is InChI=1S/C19H15BrN2O6S2/c1-11(23)21-19-22-18(24)16(29-19)10-12-8-14(20)17(15(9-12)27-2)28-30(25,26)13-6-4-3-5-7-13/h3-10H,1-2H3,(H,21,22,23,24)/b16-10+. The van der Waals surface area contributed by atoms with Gasteiger partial charge in [-0.2, -0.15) is 13.4 Å². The van der Waals surface area contributed by atoms with E-state index in [0.29, 0.717) is 14.9 Å². The third-order valence-corrected chi connectivity index (χ3v) is 6.40. The molecule has 0 aromatic heterocycles. The molecule has 0 saturated heterocycles. The lowest BCUT2D eigenvalue weighted by atomic mass is 10.2. The molecular formula is C19H15BrN2O6S2. The van der Waals surface area contributed by atoms with Gasteiger partial charge in [-0.15, -0.1) is 0 Å². The fraction of sp³-hybridized carbons (Fsp3) is 0.105. The first-order valence-corrected chi connectivity index (χ1v) is 11.4. The van der Waals surface area contributed by atoms with E-state index in [4.69, 9.17) is 8.92 Å². The average Bonchev–Trinajstić information content (AvgIpc) is 3.02. The monoisotopic (exact) mass is 510 g/mol. The van der Waals surface area contributed by atoms with Crippen LogP contribution in [-0.2, 0) is 19.7 Å². The van der Waals surface area contributed by atoms with Gasteiger partial charge in [-0.25, -0.2) is 0 Å². The van der Waals surface area contributed by atoms with Crippen molar-refractivity contribution < 1.29 is 26.9 Å². The smallest absolute Gasteiger partial charge is 0.339 e. The van der Waals surface area contributed by atoms with Crippen LogP contribution < -0.4 is 14.2 Å². The Labute approximate surface area is 185 Å². The van der Waals surface area contributed by atoms with Crippen molar-refractivity contribution in [1.82, 2.24) is 5.32 Å². The van der Waals surface area contributed by atoms with Crippen molar-refractivity contribution in [1.29, 1.82) is 0 Å². The fourth-order valence-corrected chi connectivity index (χ4v) is 4.90. The zero-order valence-electron chi connectivity index (χ0n) is 15.7. The predicted octanol–water partition coefficient (Wildman–Crippen LogP) is 3.33. The van der Waals surface area contributed by atoms with Gasteiger partial charge in [0.15, 0.2) is 16.7 Å². The summed E-state index contributed by atoms with van der Waals surface area (Å²) in [6.45, 7) is 1.32. The van der Waals surface area contributed by atoms with E-state index in [2.05, 4.69) is 26.2 Å². The molecule has 0 spiro atoms. The van der Waals surface area contributed by atoms with E-state index < -0.39 is 16.0 Å². The van der Waals surface area contributed by atoms with Crippen molar-refractivity contribution in [2.75, 3.05) is 7.11 Å². The van der Waals surface area contributed by atoms with Crippen LogP contribution in [0.3, 0.4) is 0 Å². The summed E-state index contributed by atoms with van der Waals surface area (Å²) in [6.07, 6.45) is 1.55. The van der Waals surface area contributed by atoms with Crippen LogP contribution in [0.5, 0.6) is 11.5 Å². The largest absolute Gasteiger partial charge is 0.493 e. The highest BCUT2D eigenvalue weighted by atomic mass is 79.9. The van der Waals surface area contributed by atoms with Crippen LogP contribution >= 0.6 is 27.7 Å². The number of halogens is 1. The number of methoxy groups -OCH3 is 1. The molecule has 0 atom stereocenters. The van der Waals surface area contributed by atoms with Gasteiger partial charge in [0, 0.05) is 6.92 Å². The molecule has 0 aliphatic carbocycles. The number of thioether (sulfide) groups is 1. The van der Waals surface area contributed by atoms with Gasteiger partial charge < -0.3 is 14.2 Å². The van der Waals surface area contributed by atoms with Crippen LogP contribution in [-0.4, -0.2) is 32.5 Å². The molecule has 11 heteroatoms. The molecule has 1 N–H and O–H groups in total. The normalized spacial score (nSPS) is 15.1. The van der Waals surface area contributed by atoms with E-state index in [9.17, 15) is 18.0 Å². The summed E-state index contributed by atoms with van der Waals surface area (Å²) in [4.78, 5) is 27.2. The molecule has 2 aromatic rings. The summed E-state index contributed by atoms with van der Waals surface area (Å²) in [5.41, 5.74) is 0.540. The van der Waals surface area contributed by atoms with Crippen molar-refractivity contribution in [2.45, 2.75) is 11.8 Å². The maximum atomic E-state index is 12.5. The Morgan fingerprint density at radius 3 is 2.57 bits per heavy atom. The summed E-state index contributed by atoms with van der Waals surface area (Å²) in [5.74, 6) is -0.704. The van der Waals surface area contributed by atoms with Crippen LogP contribution in [0.2, 0.25) is 0 Å². The van der Waals surface area contributed by atoms with E-state index in [1.54, 1.807) is 30.3 Å². The van der Waals surface area contributed by atoms with E-state index in [-0.39, 0.29) is 27.5 Å². The zero-order valence-corrected chi connectivity index (χ0v) is 18.9. The average molecular weight is 511 g/mol. The van der Waals surface area contributed by atoms with Crippen LogP contribution in [0.15, 0.2) is 61.7 Å². The van der Waals surface area contributed by atoms with Crippen LogP contribution in [0.1, 0.15) is 12.5 Å². The Morgan fingerprint density at radius 2 is 1.93 bits per heavy atom. The molecular weight excluding hydrogens is 496 g/mol. The predicted molar refractivity (Wildman–Crippen MR) is 117 cm³/mol. The quantitative estimate of drug-likeness (QED) is 0.484. The topological polar surface area (TPSA) is 111 Å². The van der Waals surface area contributed by atoms with Crippen LogP contribution in [0.25, 0.3) is 6.08 Å². The van der Waals surface area contributed by atoms with Gasteiger partial charge in [-0.3, -0.25) is 9.59 Å². The second kappa shape index (κ2) is 9.02. The summed E-state index contributed by atoms with van der Waals surface area (Å²) in [7, 11) is -2.70. The van der Waals surface area contributed by atoms with Gasteiger partial charge >= 0.3 is 10.1 Å². The molecule has 0 radical (unpaired) electrons. The van der Waals surface area contributed by atoms with E-state index >= 15 is 0 Å². The number of nitrogens with one attached hydrogen (secondary N) is 1. The Bertz CT molecular complexity index is 1180. The van der Waals surface area contributed by atoms with E-state index in [1.165, 1.54) is 32.2 Å². The second-order valence-electron chi connectivity index (χ2n) is 5.90. The maximum Gasteiger partial charge on any atom is 0.339 e. The third-order valence-electron chi connectivity index (χ3n) is 3.68. The molecule has 2 aromatic carbocycles. The minimum absolute atomic E-state index is 0.000694. The molecule has 0 unspecified atom stereocenters. The molecule has 0 fully saturated rings. The summed E-state index contributed by atoms with van der Waals surface area (Å²) in [5, 5.41) is 2.66. The Balaban J connectivity index is 1.90. The maximum absolute atomic E-state index is 12.5. The molecule has 1 heterocycles. The van der Waals surface area contributed by atoms with Crippen molar-refractivity contribution >= 4 is 60.9 Å². The fourth-order valence-electron chi connectivity index (χ4n) is 2.41. The Kier molecular flexibility index (Phi) is 6.64. The second-order valence-corrected chi connectivity index (χ2v) is 9.33. The lowest BCUT2D eigenvalue weighted by Crippen LogP contribution is -2.23. The van der Waals surface area contributed by atoms with E-state index in [0.717, 1.165) is 11.8 Å². The number of amides is 2. The highest BCUT2D eigenvalue weighted by Gasteiger charge is 2.24. The van der Waals surface area contributed by atoms with Crippen molar-refractivity contribution in [2.24, 2.45) is 4.99 Å². The number of carbonyl (C=O) groups excluding carboxylic acids is 2. The Morgan fingerprint density at radius 1 is 1.23 bits per heavy atom. The van der Waals surface area contributed by atoms with Crippen LogP contribution in [0, 0.1) is 0 Å². The molecule has 30 heavy (non-hydrogen) atoms. The van der Waals surface area contributed by atoms with Crippen molar-refractivity contribution in [3.63, 3.8) is 0 Å². The minimum atomic E-state index is -4.07. The molecule has 2 amide bonds. The Hall–Kier alpha value is -2.63. The number of nitrogens with zero attached hydrogens (tertiary/aromatic N) is 1. The lowest BCUT2D eigenvalue weighted by molar-refractivity contribution is -0.117. The zero-order chi connectivity index (χ0) is 21.9. The van der Waals surface area contributed by atoms with Gasteiger partial charge in [0.1, 0.15) is 4.90 Å². The molecule has 8 nitrogen and oxygen atoms in total. The van der Waals surface area contributed by atoms with Gasteiger partial charge in [0.2, 0.25) is 5.91 Å². The van der Waals surface area contributed by atoms with E-state index in [1.807, 2.05) is 0 Å². The summed E-state index contributed by atoms with van der Waals surface area (Å²) < 4.78 is 36.0. The number of ether oxygens (including phenoxy) is 1. The first-order valence-electron chi connectivity index (χ1n) is 8.37. The van der Waals surface area contributed by atoms with Crippen LogP contribution in [0.4, 0.5) is 0 Å². The number of rotatable bonds is 5. The first kappa shape index (κ1) is 22.1. The third kappa shape index (κ3) is 5.10. The molecule has 1 aliphatic rings. The lowest BCUT2D eigenvalue weighted by Gasteiger charge is -2.13. The minimum Gasteiger partial charge on any atom is -0.493 e. The summed E-state index contributed by atoms with van der Waals surface area (Å²) in [6, 6.07) is 10.8. The van der Waals surface area contributed by atoms with Gasteiger partial charge in [-0.05, 0) is 63.6 Å². The van der Waals surface area contributed by atoms with Gasteiger partial charge in [0.25, 0.3) is 5.91 Å². The van der Waals surface area contributed by atoms with Crippen molar-refractivity contribution in [3.8, 4) is 11.5 Å². The molecule has 1 aliphatic heterocycles. The SMILES string of the molecule is COc1cc(/C=C2/SC(NC(C)=O)=NC2=O)cc(Br)c1OS(=O)(=O)c1ccccc1. The molecule has 0 saturated carbocycles. The number of carbonyl (C=O) groups is 2. The molecule has 3 rings (SSSR count). The summed E-state index contributed by atoms with van der Waals surface area (Å²) >= 11 is 4.32.